The Kier molecular flexibility index (Phi) is 5.72. The van der Waals surface area contributed by atoms with Gasteiger partial charge in [-0.2, -0.15) is 0 Å². The van der Waals surface area contributed by atoms with Crippen LogP contribution in [0.15, 0.2) is 53.9 Å². The van der Waals surface area contributed by atoms with Gasteiger partial charge in [0.2, 0.25) is 5.91 Å². The molecule has 8 nitrogen and oxygen atoms in total. The van der Waals surface area contributed by atoms with Gasteiger partial charge in [-0.05, 0) is 24.6 Å². The Morgan fingerprint density at radius 3 is 2.85 bits per heavy atom. The maximum absolute atomic E-state index is 12.2. The quantitative estimate of drug-likeness (QED) is 0.380. The van der Waals surface area contributed by atoms with E-state index in [9.17, 15) is 14.9 Å². The van der Waals surface area contributed by atoms with Gasteiger partial charge in [0.15, 0.2) is 5.16 Å². The molecule has 0 unspecified atom stereocenters. The number of aryl methyl sites for hydroxylation is 1. The minimum atomic E-state index is -0.550. The predicted octanol–water partition coefficient (Wildman–Crippen LogP) is 3.87. The molecule has 10 heteroatoms. The summed E-state index contributed by atoms with van der Waals surface area (Å²) in [5.74, 6) is -0.314. The van der Waals surface area contributed by atoms with Gasteiger partial charge in [-0.25, -0.2) is 0 Å². The SMILES string of the molecule is Cc1ccccc1-n1cnnc1SCC(=O)Nc1cc([N+](=O)[O-])ccc1Cl. The van der Waals surface area contributed by atoms with Crippen LogP contribution in [0.25, 0.3) is 5.69 Å². The lowest BCUT2D eigenvalue weighted by Crippen LogP contribution is -2.15. The maximum atomic E-state index is 12.2. The van der Waals surface area contributed by atoms with Gasteiger partial charge in [0.25, 0.3) is 5.69 Å². The van der Waals surface area contributed by atoms with Crippen molar-refractivity contribution in [1.82, 2.24) is 14.8 Å². The van der Waals surface area contributed by atoms with Crippen LogP contribution in [-0.2, 0) is 4.79 Å². The van der Waals surface area contributed by atoms with Crippen molar-refractivity contribution in [1.29, 1.82) is 0 Å². The number of nitrogens with zero attached hydrogens (tertiary/aromatic N) is 4. The predicted molar refractivity (Wildman–Crippen MR) is 104 cm³/mol. The van der Waals surface area contributed by atoms with Crippen LogP contribution in [0.5, 0.6) is 0 Å². The summed E-state index contributed by atoms with van der Waals surface area (Å²) < 4.78 is 1.80. The van der Waals surface area contributed by atoms with Gasteiger partial charge >= 0.3 is 0 Å². The van der Waals surface area contributed by atoms with Crippen molar-refractivity contribution in [3.05, 3.63) is 69.5 Å². The molecule has 0 spiro atoms. The van der Waals surface area contributed by atoms with E-state index in [-0.39, 0.29) is 28.1 Å². The topological polar surface area (TPSA) is 103 Å². The van der Waals surface area contributed by atoms with Crippen LogP contribution in [0, 0.1) is 17.0 Å². The van der Waals surface area contributed by atoms with Crippen LogP contribution in [0.1, 0.15) is 5.56 Å². The summed E-state index contributed by atoms with van der Waals surface area (Å²) in [5, 5.41) is 22.2. The van der Waals surface area contributed by atoms with Crippen molar-refractivity contribution in [3.8, 4) is 5.69 Å². The fourth-order valence-corrected chi connectivity index (χ4v) is 3.25. The Morgan fingerprint density at radius 1 is 1.33 bits per heavy atom. The molecule has 0 saturated heterocycles. The third-order valence-corrected chi connectivity index (χ3v) is 4.93. The van der Waals surface area contributed by atoms with E-state index >= 15 is 0 Å². The first-order chi connectivity index (χ1) is 13.0. The molecule has 27 heavy (non-hydrogen) atoms. The summed E-state index contributed by atoms with van der Waals surface area (Å²) in [5.41, 5.74) is 2.01. The smallest absolute Gasteiger partial charge is 0.271 e. The lowest BCUT2D eigenvalue weighted by atomic mass is 10.2. The second-order valence-corrected chi connectivity index (χ2v) is 6.88. The highest BCUT2D eigenvalue weighted by molar-refractivity contribution is 7.99. The number of thioether (sulfide) groups is 1. The van der Waals surface area contributed by atoms with Crippen molar-refractivity contribution in [2.45, 2.75) is 12.1 Å². The third-order valence-electron chi connectivity index (χ3n) is 3.66. The molecule has 3 rings (SSSR count). The molecule has 0 aliphatic rings. The molecule has 138 valence electrons. The molecule has 2 aromatic carbocycles. The molecule has 0 radical (unpaired) electrons. The average molecular weight is 404 g/mol. The number of para-hydroxylation sites is 1. The number of carbonyl (C=O) groups is 1. The first kappa shape index (κ1) is 18.9. The van der Waals surface area contributed by atoms with Crippen LogP contribution in [0.3, 0.4) is 0 Å². The summed E-state index contributed by atoms with van der Waals surface area (Å²) >= 11 is 7.20. The lowest BCUT2D eigenvalue weighted by molar-refractivity contribution is -0.384. The van der Waals surface area contributed by atoms with Crippen LogP contribution in [0.4, 0.5) is 11.4 Å². The molecule has 0 aliphatic carbocycles. The lowest BCUT2D eigenvalue weighted by Gasteiger charge is -2.09. The largest absolute Gasteiger partial charge is 0.324 e. The number of anilines is 1. The number of amides is 1. The molecule has 3 aromatic rings. The van der Waals surface area contributed by atoms with Gasteiger partial charge in [-0.3, -0.25) is 19.5 Å². The molecular formula is C17H14ClN5O3S. The van der Waals surface area contributed by atoms with E-state index in [0.717, 1.165) is 11.3 Å². The number of hydrogen-bond acceptors (Lipinski definition) is 6. The standard InChI is InChI=1S/C17H14ClN5O3S/c1-11-4-2-3-5-15(11)22-10-19-21-17(22)27-9-16(24)20-14-8-12(23(25)26)6-7-13(14)18/h2-8,10H,9H2,1H3,(H,20,24). The summed E-state index contributed by atoms with van der Waals surface area (Å²) in [6.45, 7) is 1.97. The van der Waals surface area contributed by atoms with Gasteiger partial charge < -0.3 is 5.32 Å². The number of rotatable bonds is 6. The van der Waals surface area contributed by atoms with E-state index in [4.69, 9.17) is 11.6 Å². The minimum absolute atomic E-state index is 0.0452. The second-order valence-electron chi connectivity index (χ2n) is 5.53. The van der Waals surface area contributed by atoms with Crippen LogP contribution in [0.2, 0.25) is 5.02 Å². The molecule has 1 amide bonds. The number of hydrogen-bond donors (Lipinski definition) is 1. The highest BCUT2D eigenvalue weighted by atomic mass is 35.5. The Balaban J connectivity index is 1.69. The van der Waals surface area contributed by atoms with Crippen LogP contribution in [-0.4, -0.2) is 31.3 Å². The van der Waals surface area contributed by atoms with E-state index in [1.807, 2.05) is 31.2 Å². The molecule has 1 N–H and O–H groups in total. The number of halogens is 1. The van der Waals surface area contributed by atoms with Crippen LogP contribution >= 0.6 is 23.4 Å². The molecule has 0 aliphatic heterocycles. The fourth-order valence-electron chi connectivity index (χ4n) is 2.36. The Bertz CT molecular complexity index is 1010. The number of nitro benzene ring substituents is 1. The second kappa shape index (κ2) is 8.19. The van der Waals surface area contributed by atoms with E-state index in [0.29, 0.717) is 5.16 Å². The summed E-state index contributed by atoms with van der Waals surface area (Å²) in [7, 11) is 0. The van der Waals surface area contributed by atoms with Crippen molar-refractivity contribution in [3.63, 3.8) is 0 Å². The van der Waals surface area contributed by atoms with Crippen LogP contribution < -0.4 is 5.32 Å². The number of benzene rings is 2. The van der Waals surface area contributed by atoms with E-state index in [1.54, 1.807) is 10.9 Å². The number of carbonyl (C=O) groups excluding carboxylic acids is 1. The Labute approximate surface area is 163 Å². The average Bonchev–Trinajstić information content (AvgIpc) is 3.10. The molecular weight excluding hydrogens is 390 g/mol. The Morgan fingerprint density at radius 2 is 2.11 bits per heavy atom. The molecule has 0 fully saturated rings. The van der Waals surface area contributed by atoms with E-state index in [2.05, 4.69) is 15.5 Å². The number of nitrogens with one attached hydrogen (secondary N) is 1. The van der Waals surface area contributed by atoms with Gasteiger partial charge in [0, 0.05) is 12.1 Å². The van der Waals surface area contributed by atoms with Gasteiger partial charge in [0.1, 0.15) is 6.33 Å². The first-order valence-corrected chi connectivity index (χ1v) is 9.14. The van der Waals surface area contributed by atoms with Crippen molar-refractivity contribution >= 4 is 40.6 Å². The van der Waals surface area contributed by atoms with Gasteiger partial charge in [0.05, 0.1) is 27.1 Å². The zero-order valence-electron chi connectivity index (χ0n) is 14.1. The minimum Gasteiger partial charge on any atom is -0.324 e. The highest BCUT2D eigenvalue weighted by Gasteiger charge is 2.14. The molecule has 1 aromatic heterocycles. The van der Waals surface area contributed by atoms with Crippen molar-refractivity contribution in [2.75, 3.05) is 11.1 Å². The zero-order chi connectivity index (χ0) is 19.4. The van der Waals surface area contributed by atoms with E-state index < -0.39 is 4.92 Å². The summed E-state index contributed by atoms with van der Waals surface area (Å²) in [4.78, 5) is 22.5. The monoisotopic (exact) mass is 403 g/mol. The normalized spacial score (nSPS) is 10.6. The number of aromatic nitrogens is 3. The third kappa shape index (κ3) is 4.44. The maximum Gasteiger partial charge on any atom is 0.271 e. The summed E-state index contributed by atoms with van der Waals surface area (Å²) in [6.07, 6.45) is 1.58. The van der Waals surface area contributed by atoms with Crippen molar-refractivity contribution < 1.29 is 9.72 Å². The molecule has 0 bridgehead atoms. The summed E-state index contributed by atoms with van der Waals surface area (Å²) in [6, 6.07) is 11.6. The highest BCUT2D eigenvalue weighted by Crippen LogP contribution is 2.27. The molecule has 0 atom stereocenters. The van der Waals surface area contributed by atoms with E-state index in [1.165, 1.54) is 30.0 Å². The first-order valence-electron chi connectivity index (χ1n) is 7.78. The fraction of sp³-hybridized carbons (Fsp3) is 0.118. The Hall–Kier alpha value is -2.91. The zero-order valence-corrected chi connectivity index (χ0v) is 15.7. The number of non-ortho nitro benzene ring substituents is 1. The molecule has 0 saturated carbocycles. The molecule has 1 heterocycles. The van der Waals surface area contributed by atoms with Crippen molar-refractivity contribution in [2.24, 2.45) is 0 Å². The number of nitro groups is 1. The van der Waals surface area contributed by atoms with Gasteiger partial charge in [-0.15, -0.1) is 10.2 Å². The van der Waals surface area contributed by atoms with Gasteiger partial charge in [-0.1, -0.05) is 41.6 Å².